The van der Waals surface area contributed by atoms with Gasteiger partial charge in [0, 0.05) is 17.1 Å². The number of hydrogen-bond donors (Lipinski definition) is 0. The van der Waals surface area contributed by atoms with Crippen molar-refractivity contribution in [1.82, 2.24) is 0 Å². The van der Waals surface area contributed by atoms with Crippen LogP contribution in [0.2, 0.25) is 0 Å². The van der Waals surface area contributed by atoms with E-state index in [0.29, 0.717) is 0 Å². The van der Waals surface area contributed by atoms with Crippen LogP contribution in [-0.4, -0.2) is 53.3 Å². The largest absolute Gasteiger partial charge is 0.0149 e. The molecule has 0 aromatic rings. The van der Waals surface area contributed by atoms with Gasteiger partial charge in [0.25, 0.3) is 0 Å². The van der Waals surface area contributed by atoms with Gasteiger partial charge >= 0.3 is 42.4 Å². The second kappa shape index (κ2) is 19.4. The SMILES string of the molecule is [AsH3].[Mn].[SbH3].[SiH4]. The van der Waals surface area contributed by atoms with E-state index in [4.69, 9.17) is 0 Å². The predicted octanol–water partition coefficient (Wildman–Crippen LogP) is -3.82. The van der Waals surface area contributed by atoms with E-state index >= 15 is 0 Å². The number of rotatable bonds is 0. The van der Waals surface area contributed by atoms with Crippen LogP contribution in [0.5, 0.6) is 0 Å². The topological polar surface area (TPSA) is 0 Å². The Labute approximate surface area is 69.7 Å². The Morgan fingerprint density at radius 1 is 1.00 bits per heavy atom. The minimum Gasteiger partial charge on any atom is -0.0149 e. The summed E-state index contributed by atoms with van der Waals surface area (Å²) in [5.41, 5.74) is 0. The van der Waals surface area contributed by atoms with Gasteiger partial charge < -0.3 is 0 Å². The normalized spacial score (nSPS) is 0. The van der Waals surface area contributed by atoms with Crippen molar-refractivity contribution >= 4 is 53.3 Å². The maximum Gasteiger partial charge on any atom is -0.0149 e. The van der Waals surface area contributed by atoms with E-state index < -0.39 is 0 Å². The molecule has 0 rings (SSSR count). The van der Waals surface area contributed by atoms with E-state index in [9.17, 15) is 0 Å². The maximum atomic E-state index is 0. The molecule has 0 aliphatic rings. The standard InChI is InChI=1S/AsH3.Mn.Sb.H4Si.3H/h1H3;;;1H4;;;. The van der Waals surface area contributed by atoms with E-state index in [-0.39, 0.29) is 70.4 Å². The van der Waals surface area contributed by atoms with Crippen LogP contribution in [0.3, 0.4) is 0 Å². The molecule has 0 bridgehead atoms. The average Bonchev–Trinajstić information content (AvgIpc) is 0. The summed E-state index contributed by atoms with van der Waals surface area (Å²) in [6.07, 6.45) is 0. The van der Waals surface area contributed by atoms with Gasteiger partial charge in [-0.2, -0.15) is 0 Å². The van der Waals surface area contributed by atoms with Gasteiger partial charge in [0.2, 0.25) is 0 Å². The summed E-state index contributed by atoms with van der Waals surface area (Å²) < 4.78 is 0. The van der Waals surface area contributed by atoms with Gasteiger partial charge in [-0.1, -0.05) is 0 Å². The number of hydrogen-bond acceptors (Lipinski definition) is 0. The van der Waals surface area contributed by atoms with E-state index in [1.54, 1.807) is 0 Å². The van der Waals surface area contributed by atoms with Gasteiger partial charge in [-0.15, -0.1) is 0 Å². The summed E-state index contributed by atoms with van der Waals surface area (Å²) in [6, 6.07) is 0. The molecule has 0 N–H and O–H groups in total. The maximum absolute atomic E-state index is 0. The van der Waals surface area contributed by atoms with Crippen molar-refractivity contribution in [3.05, 3.63) is 0 Å². The molecule has 1 atom stereocenters. The van der Waals surface area contributed by atoms with Crippen molar-refractivity contribution in [2.45, 2.75) is 0 Å². The second-order valence-corrected chi connectivity index (χ2v) is 0. The second-order valence-electron chi connectivity index (χ2n) is 0. The van der Waals surface area contributed by atoms with Gasteiger partial charge in [-0.25, -0.2) is 0 Å². The van der Waals surface area contributed by atoms with Gasteiger partial charge in [0.15, 0.2) is 0 Å². The van der Waals surface area contributed by atoms with Crippen LogP contribution in [0, 0.1) is 0 Å². The Kier molecular flexibility index (Phi) is 173. The van der Waals surface area contributed by atoms with Crippen molar-refractivity contribution in [3.8, 4) is 0 Å². The molecule has 1 radical (unpaired) electrons. The molecule has 0 aromatic heterocycles. The molecule has 0 aliphatic heterocycles. The zero-order chi connectivity index (χ0) is 0. The summed E-state index contributed by atoms with van der Waals surface area (Å²) in [7, 11) is 0. The van der Waals surface area contributed by atoms with Crippen LogP contribution in [0.4, 0.5) is 0 Å². The van der Waals surface area contributed by atoms with Crippen molar-refractivity contribution in [3.63, 3.8) is 0 Å². The molecule has 0 fully saturated rings. The fraction of sp³-hybridized carbons (Fsp3) is 0. The fourth-order valence-corrected chi connectivity index (χ4v) is 0. The zero-order valence-corrected chi connectivity index (χ0v) is 9.98. The van der Waals surface area contributed by atoms with Crippen molar-refractivity contribution in [2.75, 3.05) is 0 Å². The molecular weight excluding hydrogens is 280 g/mol. The van der Waals surface area contributed by atoms with Gasteiger partial charge in [0.05, 0.1) is 0 Å². The summed E-state index contributed by atoms with van der Waals surface area (Å²) in [4.78, 5) is 0. The van der Waals surface area contributed by atoms with Gasteiger partial charge in [0.1, 0.15) is 0 Å². The summed E-state index contributed by atoms with van der Waals surface area (Å²) >= 11 is 0. The first kappa shape index (κ1) is 35.8. The predicted molar refractivity (Wildman–Crippen MR) is 31.2 cm³/mol. The summed E-state index contributed by atoms with van der Waals surface area (Å²) in [5, 5.41) is 0. The van der Waals surface area contributed by atoms with Gasteiger partial charge in [-0.3, -0.25) is 0 Å². The van der Waals surface area contributed by atoms with Crippen LogP contribution in [0.25, 0.3) is 0 Å². The third-order valence-electron chi connectivity index (χ3n) is 0. The Morgan fingerprint density at radius 2 is 1.00 bits per heavy atom. The first-order valence-corrected chi connectivity index (χ1v) is 0. The quantitative estimate of drug-likeness (QED) is 0.401. The molecule has 4 heteroatoms. The first-order chi connectivity index (χ1) is 0. The molecule has 0 spiro atoms. The molecule has 0 heterocycles. The summed E-state index contributed by atoms with van der Waals surface area (Å²) in [6.45, 7) is 0. The van der Waals surface area contributed by atoms with E-state index in [1.807, 2.05) is 0 Å². The fourth-order valence-electron chi connectivity index (χ4n) is 0. The van der Waals surface area contributed by atoms with Crippen LogP contribution < -0.4 is 0 Å². The van der Waals surface area contributed by atoms with Crippen LogP contribution in [-0.2, 0) is 17.1 Å². The Hall–Kier alpha value is 2.11. The van der Waals surface area contributed by atoms with Gasteiger partial charge in [-0.05, 0) is 11.0 Å². The minimum atomic E-state index is 0. The zero-order valence-electron chi connectivity index (χ0n) is 1.79. The molecule has 4 heavy (non-hydrogen) atoms. The molecule has 31 valence electrons. The Balaban J connectivity index is 0. The molecule has 1 unspecified atom stereocenters. The molecule has 0 saturated carbocycles. The first-order valence-electron chi connectivity index (χ1n) is 0. The molecule has 0 aliphatic carbocycles. The molecule has 0 amide bonds. The minimum absolute atomic E-state index is 0. The van der Waals surface area contributed by atoms with Crippen LogP contribution in [0.15, 0.2) is 0 Å². The van der Waals surface area contributed by atoms with Crippen LogP contribution in [0.1, 0.15) is 0 Å². The summed E-state index contributed by atoms with van der Waals surface area (Å²) in [5.74, 6) is 0. The van der Waals surface area contributed by atoms with Crippen molar-refractivity contribution in [2.24, 2.45) is 0 Å². The van der Waals surface area contributed by atoms with E-state index in [1.165, 1.54) is 0 Å². The Bertz CT molecular complexity index is 8.00. The monoisotopic (exact) mass is 289 g/mol. The third kappa shape index (κ3) is 8.93. The molecule has 0 nitrogen and oxygen atoms in total. The van der Waals surface area contributed by atoms with E-state index in [0.717, 1.165) is 0 Å². The Morgan fingerprint density at radius 3 is 1.00 bits per heavy atom. The molecule has 0 aromatic carbocycles. The van der Waals surface area contributed by atoms with Crippen molar-refractivity contribution in [1.29, 1.82) is 0 Å². The smallest absolute Gasteiger partial charge is 0.0149 e. The molecule has 0 saturated heterocycles. The molecular formula is H10AsMnSbSi. The third-order valence-corrected chi connectivity index (χ3v) is 0. The van der Waals surface area contributed by atoms with Crippen molar-refractivity contribution < 1.29 is 17.1 Å². The van der Waals surface area contributed by atoms with E-state index in [2.05, 4.69) is 0 Å². The average molecular weight is 290 g/mol. The van der Waals surface area contributed by atoms with Crippen LogP contribution >= 0.6 is 0 Å².